The molecule has 0 radical (unpaired) electrons. The molecule has 0 saturated heterocycles. The van der Waals surface area contributed by atoms with E-state index in [1.807, 2.05) is 36.4 Å². The van der Waals surface area contributed by atoms with Crippen molar-refractivity contribution >= 4 is 44.8 Å². The van der Waals surface area contributed by atoms with E-state index in [1.54, 1.807) is 0 Å². The monoisotopic (exact) mass is 371 g/mol. The molecule has 0 amide bonds. The number of hydrogen-bond acceptors (Lipinski definition) is 2. The van der Waals surface area contributed by atoms with Crippen LogP contribution in [0.1, 0.15) is 5.56 Å². The van der Waals surface area contributed by atoms with Crippen molar-refractivity contribution in [2.24, 2.45) is 0 Å². The van der Waals surface area contributed by atoms with Gasteiger partial charge in [-0.25, -0.2) is 0 Å². The molecule has 1 unspecified atom stereocenters. The quantitative estimate of drug-likeness (QED) is 0.802. The molecule has 0 saturated carbocycles. The summed E-state index contributed by atoms with van der Waals surface area (Å²) in [6.07, 6.45) is 0.958. The Morgan fingerprint density at radius 1 is 1.20 bits per heavy atom. The van der Waals surface area contributed by atoms with Crippen LogP contribution in [0.2, 0.25) is 10.0 Å². The van der Waals surface area contributed by atoms with Gasteiger partial charge in [-0.15, -0.1) is 0 Å². The summed E-state index contributed by atoms with van der Waals surface area (Å²) in [5.74, 6) is 0.920. The zero-order valence-electron chi connectivity index (χ0n) is 10.5. The minimum atomic E-state index is 0.100. The molecule has 1 aliphatic rings. The maximum absolute atomic E-state index is 6.17. The van der Waals surface area contributed by atoms with E-state index in [2.05, 4.69) is 21.2 Å². The van der Waals surface area contributed by atoms with Crippen molar-refractivity contribution in [2.45, 2.75) is 12.5 Å². The summed E-state index contributed by atoms with van der Waals surface area (Å²) in [5, 5.41) is 4.76. The minimum absolute atomic E-state index is 0.100. The summed E-state index contributed by atoms with van der Waals surface area (Å²) >= 11 is 15.6. The van der Waals surface area contributed by atoms with Crippen molar-refractivity contribution in [1.29, 1.82) is 0 Å². The zero-order valence-corrected chi connectivity index (χ0v) is 13.6. The van der Waals surface area contributed by atoms with E-state index in [0.29, 0.717) is 11.6 Å². The average Bonchev–Trinajstić information content (AvgIpc) is 2.79. The smallest absolute Gasteiger partial charge is 0.123 e. The largest absolute Gasteiger partial charge is 0.488 e. The molecule has 1 N–H and O–H groups in total. The lowest BCUT2D eigenvalue weighted by molar-refractivity contribution is 0.246. The Bertz CT molecular complexity index is 648. The van der Waals surface area contributed by atoms with E-state index in [-0.39, 0.29) is 6.10 Å². The lowest BCUT2D eigenvalue weighted by atomic mass is 10.1. The second-order valence-corrected chi connectivity index (χ2v) is 6.46. The SMILES string of the molecule is Clc1ccc2c(c1)CC(CNc1ccc(Br)cc1Cl)O2. The van der Waals surface area contributed by atoms with Crippen molar-refractivity contribution < 1.29 is 4.74 Å². The molecule has 5 heteroatoms. The topological polar surface area (TPSA) is 21.3 Å². The molecular formula is C15H12BrCl2NO. The number of halogens is 3. The summed E-state index contributed by atoms with van der Waals surface area (Å²) in [7, 11) is 0. The van der Waals surface area contributed by atoms with Crippen LogP contribution in [0.3, 0.4) is 0 Å². The lowest BCUT2D eigenvalue weighted by Gasteiger charge is -2.14. The number of fused-ring (bicyclic) bond motifs is 1. The van der Waals surface area contributed by atoms with Gasteiger partial charge in [0.2, 0.25) is 0 Å². The van der Waals surface area contributed by atoms with Gasteiger partial charge in [0, 0.05) is 15.9 Å². The van der Waals surface area contributed by atoms with E-state index in [1.165, 1.54) is 0 Å². The van der Waals surface area contributed by atoms with E-state index in [9.17, 15) is 0 Å². The number of rotatable bonds is 3. The van der Waals surface area contributed by atoms with Crippen LogP contribution in [0.25, 0.3) is 0 Å². The van der Waals surface area contributed by atoms with Crippen LogP contribution in [0, 0.1) is 0 Å². The average molecular weight is 373 g/mol. The van der Waals surface area contributed by atoms with E-state index in [4.69, 9.17) is 27.9 Å². The second-order valence-electron chi connectivity index (χ2n) is 4.70. The molecule has 1 heterocycles. The van der Waals surface area contributed by atoms with E-state index in [0.717, 1.165) is 32.9 Å². The maximum Gasteiger partial charge on any atom is 0.123 e. The van der Waals surface area contributed by atoms with Gasteiger partial charge in [0.05, 0.1) is 17.3 Å². The highest BCUT2D eigenvalue weighted by Gasteiger charge is 2.22. The predicted octanol–water partition coefficient (Wildman–Crippen LogP) is 5.17. The number of nitrogens with one attached hydrogen (secondary N) is 1. The van der Waals surface area contributed by atoms with Gasteiger partial charge in [0.1, 0.15) is 11.9 Å². The number of hydrogen-bond donors (Lipinski definition) is 1. The second kappa shape index (κ2) is 5.84. The molecule has 3 rings (SSSR count). The Hall–Kier alpha value is -0.900. The molecule has 0 bridgehead atoms. The van der Waals surface area contributed by atoms with Crippen molar-refractivity contribution in [2.75, 3.05) is 11.9 Å². The Labute approximate surface area is 136 Å². The molecule has 0 aromatic heterocycles. The molecule has 104 valence electrons. The highest BCUT2D eigenvalue weighted by molar-refractivity contribution is 9.10. The first-order valence-electron chi connectivity index (χ1n) is 6.26. The van der Waals surface area contributed by atoms with Gasteiger partial charge in [-0.2, -0.15) is 0 Å². The van der Waals surface area contributed by atoms with Gasteiger partial charge in [-0.05, 0) is 42.0 Å². The standard InChI is InChI=1S/C15H12BrCl2NO/c16-10-1-3-14(13(18)7-10)19-8-12-6-9-5-11(17)2-4-15(9)20-12/h1-5,7,12,19H,6,8H2. The molecule has 2 aromatic rings. The molecule has 0 aliphatic carbocycles. The highest BCUT2D eigenvalue weighted by atomic mass is 79.9. The molecule has 1 atom stereocenters. The molecule has 20 heavy (non-hydrogen) atoms. The molecule has 0 fully saturated rings. The number of benzene rings is 2. The van der Waals surface area contributed by atoms with Crippen LogP contribution in [0.4, 0.5) is 5.69 Å². The maximum atomic E-state index is 6.17. The third kappa shape index (κ3) is 3.05. The predicted molar refractivity (Wildman–Crippen MR) is 87.2 cm³/mol. The summed E-state index contributed by atoms with van der Waals surface area (Å²) < 4.78 is 6.84. The van der Waals surface area contributed by atoms with Crippen LogP contribution >= 0.6 is 39.1 Å². The lowest BCUT2D eigenvalue weighted by Crippen LogP contribution is -2.24. The Morgan fingerprint density at radius 3 is 2.85 bits per heavy atom. The Balaban J connectivity index is 1.63. The van der Waals surface area contributed by atoms with Crippen LogP contribution in [0.15, 0.2) is 40.9 Å². The molecule has 1 aliphatic heterocycles. The summed E-state index contributed by atoms with van der Waals surface area (Å²) in [5.41, 5.74) is 2.07. The summed E-state index contributed by atoms with van der Waals surface area (Å²) in [6.45, 7) is 0.702. The Kier molecular flexibility index (Phi) is 4.11. The van der Waals surface area contributed by atoms with Gasteiger partial charge in [0.15, 0.2) is 0 Å². The van der Waals surface area contributed by atoms with Gasteiger partial charge in [-0.3, -0.25) is 0 Å². The first kappa shape index (κ1) is 14.1. The van der Waals surface area contributed by atoms with Crippen LogP contribution in [0.5, 0.6) is 5.75 Å². The Morgan fingerprint density at radius 2 is 2.05 bits per heavy atom. The number of ether oxygens (including phenoxy) is 1. The fourth-order valence-electron chi connectivity index (χ4n) is 2.26. The first-order chi connectivity index (χ1) is 9.61. The van der Waals surface area contributed by atoms with Crippen molar-refractivity contribution in [3.05, 3.63) is 56.5 Å². The highest BCUT2D eigenvalue weighted by Crippen LogP contribution is 2.32. The van der Waals surface area contributed by atoms with Crippen LogP contribution in [-0.2, 0) is 6.42 Å². The normalized spacial score (nSPS) is 16.6. The number of anilines is 1. The zero-order chi connectivity index (χ0) is 14.1. The third-order valence-electron chi connectivity index (χ3n) is 3.22. The van der Waals surface area contributed by atoms with Crippen molar-refractivity contribution in [1.82, 2.24) is 0 Å². The van der Waals surface area contributed by atoms with E-state index < -0.39 is 0 Å². The van der Waals surface area contributed by atoms with Gasteiger partial charge < -0.3 is 10.1 Å². The van der Waals surface area contributed by atoms with Gasteiger partial charge in [-0.1, -0.05) is 39.1 Å². The molecule has 2 aromatic carbocycles. The first-order valence-corrected chi connectivity index (χ1v) is 7.81. The third-order valence-corrected chi connectivity index (χ3v) is 4.26. The fourth-order valence-corrected chi connectivity index (χ4v) is 3.19. The van der Waals surface area contributed by atoms with Crippen LogP contribution < -0.4 is 10.1 Å². The minimum Gasteiger partial charge on any atom is -0.488 e. The van der Waals surface area contributed by atoms with Gasteiger partial charge >= 0.3 is 0 Å². The van der Waals surface area contributed by atoms with Crippen LogP contribution in [-0.4, -0.2) is 12.6 Å². The van der Waals surface area contributed by atoms with Gasteiger partial charge in [0.25, 0.3) is 0 Å². The molecule has 0 spiro atoms. The summed E-state index contributed by atoms with van der Waals surface area (Å²) in [6, 6.07) is 11.5. The van der Waals surface area contributed by atoms with Crippen molar-refractivity contribution in [3.8, 4) is 5.75 Å². The summed E-state index contributed by atoms with van der Waals surface area (Å²) in [4.78, 5) is 0. The van der Waals surface area contributed by atoms with E-state index >= 15 is 0 Å². The molecular weight excluding hydrogens is 361 g/mol. The fraction of sp³-hybridized carbons (Fsp3) is 0.200. The molecule has 2 nitrogen and oxygen atoms in total. The van der Waals surface area contributed by atoms with Crippen molar-refractivity contribution in [3.63, 3.8) is 0 Å².